The van der Waals surface area contributed by atoms with Crippen LogP contribution in [0.1, 0.15) is 11.5 Å². The maximum Gasteiger partial charge on any atom is 0.274 e. The van der Waals surface area contributed by atoms with Crippen molar-refractivity contribution >= 4 is 23.5 Å². The molecule has 4 aromatic rings. The minimum Gasteiger partial charge on any atom is -0.368 e. The van der Waals surface area contributed by atoms with Crippen molar-refractivity contribution in [3.63, 3.8) is 0 Å². The number of fused-ring (bicyclic) bond motifs is 1. The van der Waals surface area contributed by atoms with Crippen LogP contribution in [-0.4, -0.2) is 34.3 Å². The fourth-order valence-corrected chi connectivity index (χ4v) is 3.36. The van der Waals surface area contributed by atoms with Crippen LogP contribution >= 0.6 is 11.8 Å². The van der Waals surface area contributed by atoms with Gasteiger partial charge in [-0.25, -0.2) is 4.98 Å². The highest BCUT2D eigenvalue weighted by Crippen LogP contribution is 2.24. The molecular weight excluding hydrogens is 340 g/mol. The zero-order valence-electron chi connectivity index (χ0n) is 13.2. The molecule has 1 aromatic carbocycles. The molecule has 0 radical (unpaired) electrons. The van der Waals surface area contributed by atoms with Gasteiger partial charge in [0.15, 0.2) is 5.16 Å². The maximum absolute atomic E-state index is 12.1. The predicted molar refractivity (Wildman–Crippen MR) is 93.7 cm³/mol. The number of nitrogens with zero attached hydrogens (tertiary/aromatic N) is 6. The van der Waals surface area contributed by atoms with Gasteiger partial charge in [0.05, 0.1) is 5.69 Å². The number of aromatic nitrogens is 7. The second kappa shape index (κ2) is 6.06. The Morgan fingerprint density at radius 2 is 2.00 bits per heavy atom. The van der Waals surface area contributed by atoms with Crippen molar-refractivity contribution in [3.8, 4) is 5.69 Å². The number of hydrogen-bond donors (Lipinski definition) is 2. The molecule has 126 valence electrons. The van der Waals surface area contributed by atoms with Crippen LogP contribution in [0.4, 0.5) is 5.95 Å². The van der Waals surface area contributed by atoms with E-state index in [1.54, 1.807) is 0 Å². The third-order valence-corrected chi connectivity index (χ3v) is 4.52. The molecule has 9 nitrogen and oxygen atoms in total. The molecule has 3 N–H and O–H groups in total. The van der Waals surface area contributed by atoms with Gasteiger partial charge >= 0.3 is 0 Å². The summed E-state index contributed by atoms with van der Waals surface area (Å²) in [6.45, 7) is 1.90. The van der Waals surface area contributed by atoms with Gasteiger partial charge in [0.25, 0.3) is 11.3 Å². The lowest BCUT2D eigenvalue weighted by Gasteiger charge is -2.07. The van der Waals surface area contributed by atoms with E-state index in [9.17, 15) is 4.79 Å². The van der Waals surface area contributed by atoms with E-state index in [2.05, 4.69) is 25.3 Å². The summed E-state index contributed by atoms with van der Waals surface area (Å²) < 4.78 is 3.17. The van der Waals surface area contributed by atoms with Crippen molar-refractivity contribution in [3.05, 3.63) is 58.3 Å². The van der Waals surface area contributed by atoms with Crippen LogP contribution in [0.3, 0.4) is 0 Å². The number of rotatable bonds is 4. The van der Waals surface area contributed by atoms with Crippen LogP contribution in [-0.2, 0) is 5.75 Å². The van der Waals surface area contributed by atoms with Gasteiger partial charge in [0, 0.05) is 17.5 Å². The number of benzene rings is 1. The number of nitrogens with one attached hydrogen (secondary N) is 1. The quantitative estimate of drug-likeness (QED) is 0.528. The first kappa shape index (κ1) is 15.4. The van der Waals surface area contributed by atoms with Crippen LogP contribution in [0.15, 0.2) is 46.3 Å². The van der Waals surface area contributed by atoms with E-state index in [1.165, 1.54) is 22.3 Å². The number of H-pyrrole nitrogens is 1. The van der Waals surface area contributed by atoms with Crippen LogP contribution in [0.25, 0.3) is 11.5 Å². The fraction of sp³-hybridized carbons (Fsp3) is 0.133. The third-order valence-electron chi connectivity index (χ3n) is 3.56. The SMILES string of the molecule is Cc1nnc(SCc2cc(=O)n3[nH]c(N)nc3n2)n1-c1ccccc1. The summed E-state index contributed by atoms with van der Waals surface area (Å²) in [6, 6.07) is 11.3. The van der Waals surface area contributed by atoms with Crippen molar-refractivity contribution in [2.75, 3.05) is 5.73 Å². The van der Waals surface area contributed by atoms with Gasteiger partial charge in [-0.3, -0.25) is 14.5 Å². The van der Waals surface area contributed by atoms with Gasteiger partial charge in [0.2, 0.25) is 5.95 Å². The summed E-state index contributed by atoms with van der Waals surface area (Å²) >= 11 is 1.45. The number of aryl methyl sites for hydroxylation is 1. The summed E-state index contributed by atoms with van der Waals surface area (Å²) in [5.41, 5.74) is 6.89. The first-order valence-corrected chi connectivity index (χ1v) is 8.45. The molecule has 0 fully saturated rings. The average Bonchev–Trinajstić information content (AvgIpc) is 3.16. The Balaban J connectivity index is 1.63. The average molecular weight is 354 g/mol. The van der Waals surface area contributed by atoms with E-state index in [-0.39, 0.29) is 17.3 Å². The normalized spacial score (nSPS) is 11.2. The number of thioether (sulfide) groups is 1. The Bertz CT molecular complexity index is 1100. The maximum atomic E-state index is 12.1. The smallest absolute Gasteiger partial charge is 0.274 e. The van der Waals surface area contributed by atoms with Gasteiger partial charge in [-0.1, -0.05) is 30.0 Å². The van der Waals surface area contributed by atoms with Gasteiger partial charge in [-0.05, 0) is 19.1 Å². The molecule has 0 aliphatic carbocycles. The first-order chi connectivity index (χ1) is 12.1. The molecule has 0 spiro atoms. The van der Waals surface area contributed by atoms with Gasteiger partial charge < -0.3 is 5.73 Å². The standard InChI is InChI=1S/C15H14N8OS/c1-9-19-20-15(22(9)11-5-3-2-4-6-11)25-8-10-7-12(24)23-14(17-10)18-13(16)21-23/h2-7H,8H2,1H3,(H3,16,17,18,21). The van der Waals surface area contributed by atoms with Gasteiger partial charge in [0.1, 0.15) is 5.82 Å². The molecule has 25 heavy (non-hydrogen) atoms. The molecule has 0 amide bonds. The fourth-order valence-electron chi connectivity index (χ4n) is 2.47. The number of anilines is 1. The molecule has 0 saturated heterocycles. The first-order valence-electron chi connectivity index (χ1n) is 7.46. The second-order valence-corrected chi connectivity index (χ2v) is 6.26. The van der Waals surface area contributed by atoms with Crippen molar-refractivity contribution < 1.29 is 0 Å². The van der Waals surface area contributed by atoms with E-state index in [1.807, 2.05) is 41.8 Å². The molecule has 0 atom stereocenters. The monoisotopic (exact) mass is 354 g/mol. The Hall–Kier alpha value is -3.14. The summed E-state index contributed by atoms with van der Waals surface area (Å²) in [6.07, 6.45) is 0. The minimum atomic E-state index is -0.259. The van der Waals surface area contributed by atoms with Gasteiger partial charge in [-0.15, -0.1) is 10.2 Å². The molecule has 3 heterocycles. The van der Waals surface area contributed by atoms with Crippen molar-refractivity contribution in [1.29, 1.82) is 0 Å². The number of hydrogen-bond acceptors (Lipinski definition) is 7. The van der Waals surface area contributed by atoms with Crippen LogP contribution in [0.5, 0.6) is 0 Å². The summed E-state index contributed by atoms with van der Waals surface area (Å²) in [7, 11) is 0. The molecule has 4 rings (SSSR count). The highest BCUT2D eigenvalue weighted by molar-refractivity contribution is 7.98. The Morgan fingerprint density at radius 1 is 1.20 bits per heavy atom. The number of nitrogens with two attached hydrogens (primary N) is 1. The van der Waals surface area contributed by atoms with Crippen LogP contribution in [0.2, 0.25) is 0 Å². The van der Waals surface area contributed by atoms with E-state index >= 15 is 0 Å². The lowest BCUT2D eigenvalue weighted by atomic mass is 10.3. The highest BCUT2D eigenvalue weighted by Gasteiger charge is 2.13. The Labute approximate surface area is 145 Å². The van der Waals surface area contributed by atoms with E-state index in [4.69, 9.17) is 5.73 Å². The molecule has 0 saturated carbocycles. The zero-order valence-corrected chi connectivity index (χ0v) is 14.1. The Kier molecular flexibility index (Phi) is 3.73. The van der Waals surface area contributed by atoms with Crippen molar-refractivity contribution in [2.24, 2.45) is 0 Å². The van der Waals surface area contributed by atoms with Crippen LogP contribution < -0.4 is 11.3 Å². The minimum absolute atomic E-state index is 0.147. The Morgan fingerprint density at radius 3 is 2.80 bits per heavy atom. The predicted octanol–water partition coefficient (Wildman–Crippen LogP) is 1.18. The molecule has 0 unspecified atom stereocenters. The topological polar surface area (TPSA) is 120 Å². The molecule has 3 aromatic heterocycles. The number of nitrogen functional groups attached to an aromatic ring is 1. The summed E-state index contributed by atoms with van der Waals surface area (Å²) in [4.78, 5) is 20.4. The molecular formula is C15H14N8OS. The largest absolute Gasteiger partial charge is 0.368 e. The summed E-state index contributed by atoms with van der Waals surface area (Å²) in [5, 5.41) is 11.7. The molecule has 10 heteroatoms. The number of aromatic amines is 1. The molecule has 0 aliphatic rings. The highest BCUT2D eigenvalue weighted by atomic mass is 32.2. The van der Waals surface area contributed by atoms with E-state index < -0.39 is 0 Å². The lowest BCUT2D eigenvalue weighted by Crippen LogP contribution is -2.15. The molecule has 0 aliphatic heterocycles. The zero-order chi connectivity index (χ0) is 17.4. The van der Waals surface area contributed by atoms with Crippen LogP contribution in [0, 0.1) is 6.92 Å². The summed E-state index contributed by atoms with van der Waals surface area (Å²) in [5.74, 6) is 1.65. The van der Waals surface area contributed by atoms with Crippen molar-refractivity contribution in [2.45, 2.75) is 17.8 Å². The third kappa shape index (κ3) is 2.87. The number of para-hydroxylation sites is 1. The molecule has 0 bridgehead atoms. The van der Waals surface area contributed by atoms with Gasteiger partial charge in [-0.2, -0.15) is 9.50 Å². The van der Waals surface area contributed by atoms with Crippen molar-refractivity contribution in [1.82, 2.24) is 34.3 Å². The lowest BCUT2D eigenvalue weighted by molar-refractivity contribution is 0.865. The van der Waals surface area contributed by atoms with E-state index in [0.717, 1.165) is 16.7 Å². The van der Waals surface area contributed by atoms with E-state index in [0.29, 0.717) is 11.4 Å². The second-order valence-electron chi connectivity index (χ2n) is 5.32.